The van der Waals surface area contributed by atoms with Crippen LogP contribution in [0.15, 0.2) is 36.4 Å². The molecule has 1 heterocycles. The maximum atomic E-state index is 11.1. The summed E-state index contributed by atoms with van der Waals surface area (Å²) in [5.41, 5.74) is 0.890. The molecule has 0 radical (unpaired) electrons. The van der Waals surface area contributed by atoms with Crippen LogP contribution in [0.1, 0.15) is 16.4 Å². The van der Waals surface area contributed by atoms with Gasteiger partial charge in [0, 0.05) is 9.90 Å². The highest BCUT2D eigenvalue weighted by Gasteiger charge is 2.15. The normalized spacial score (nSPS) is 12.4. The van der Waals surface area contributed by atoms with Gasteiger partial charge in [-0.1, -0.05) is 35.3 Å². The van der Waals surface area contributed by atoms with Crippen LogP contribution in [-0.4, -0.2) is 6.29 Å². The highest BCUT2D eigenvalue weighted by atomic mass is 35.5. The predicted molar refractivity (Wildman–Crippen MR) is 68.7 cm³/mol. The molecule has 0 saturated heterocycles. The molecule has 0 fully saturated rings. The van der Waals surface area contributed by atoms with Gasteiger partial charge in [0.15, 0.2) is 0 Å². The number of hydrogen-bond donors (Lipinski definition) is 0. The highest BCUT2D eigenvalue weighted by Crippen LogP contribution is 2.32. The molecule has 1 nitrogen and oxygen atoms in total. The van der Waals surface area contributed by atoms with Crippen molar-refractivity contribution < 1.29 is 4.79 Å². The number of rotatable bonds is 3. The topological polar surface area (TPSA) is 17.1 Å². The summed E-state index contributed by atoms with van der Waals surface area (Å²) in [6.45, 7) is 0. The van der Waals surface area contributed by atoms with Gasteiger partial charge >= 0.3 is 0 Å². The molecule has 0 saturated carbocycles. The molecule has 82 valence electrons. The van der Waals surface area contributed by atoms with E-state index in [2.05, 4.69) is 0 Å². The molecule has 0 aliphatic carbocycles. The first-order valence-electron chi connectivity index (χ1n) is 4.66. The number of benzene rings is 1. The zero-order valence-corrected chi connectivity index (χ0v) is 10.5. The van der Waals surface area contributed by atoms with E-state index in [-0.39, 0.29) is 5.92 Å². The van der Waals surface area contributed by atoms with Crippen LogP contribution in [0.3, 0.4) is 0 Å². The average molecular weight is 271 g/mol. The Hall–Kier alpha value is -0.830. The van der Waals surface area contributed by atoms with Crippen LogP contribution in [0.4, 0.5) is 0 Å². The van der Waals surface area contributed by atoms with Crippen LogP contribution < -0.4 is 0 Å². The molecule has 4 heteroatoms. The largest absolute Gasteiger partial charge is 0.302 e. The monoisotopic (exact) mass is 270 g/mol. The van der Waals surface area contributed by atoms with E-state index in [4.69, 9.17) is 23.2 Å². The Labute approximate surface area is 108 Å². The van der Waals surface area contributed by atoms with Crippen LogP contribution in [0, 0.1) is 0 Å². The van der Waals surface area contributed by atoms with E-state index in [9.17, 15) is 4.79 Å². The molecule has 0 N–H and O–H groups in total. The SMILES string of the molecule is O=CC(c1cccc(Cl)c1)c1ccc(Cl)s1. The van der Waals surface area contributed by atoms with Crippen molar-refractivity contribution in [2.75, 3.05) is 0 Å². The van der Waals surface area contributed by atoms with E-state index < -0.39 is 0 Å². The average Bonchev–Trinajstić information content (AvgIpc) is 2.66. The van der Waals surface area contributed by atoms with Crippen LogP contribution in [0.25, 0.3) is 0 Å². The van der Waals surface area contributed by atoms with E-state index >= 15 is 0 Å². The van der Waals surface area contributed by atoms with Crippen molar-refractivity contribution in [1.29, 1.82) is 0 Å². The molecule has 1 unspecified atom stereocenters. The Bertz CT molecular complexity index is 507. The van der Waals surface area contributed by atoms with E-state index in [0.29, 0.717) is 9.36 Å². The Balaban J connectivity index is 2.40. The molecular formula is C12H8Cl2OS. The molecule has 0 spiro atoms. The summed E-state index contributed by atoms with van der Waals surface area (Å²) in [6, 6.07) is 11.0. The Morgan fingerprint density at radius 3 is 2.56 bits per heavy atom. The van der Waals surface area contributed by atoms with E-state index in [1.54, 1.807) is 18.2 Å². The van der Waals surface area contributed by atoms with E-state index in [1.807, 2.05) is 18.2 Å². The Morgan fingerprint density at radius 1 is 1.19 bits per heavy atom. The fourth-order valence-electron chi connectivity index (χ4n) is 1.51. The number of hydrogen-bond acceptors (Lipinski definition) is 2. The maximum absolute atomic E-state index is 11.1. The summed E-state index contributed by atoms with van der Waals surface area (Å²) >= 11 is 13.2. The highest BCUT2D eigenvalue weighted by molar-refractivity contribution is 7.16. The maximum Gasteiger partial charge on any atom is 0.132 e. The molecule has 2 rings (SSSR count). The zero-order chi connectivity index (χ0) is 11.5. The second-order valence-corrected chi connectivity index (χ2v) is 5.49. The van der Waals surface area contributed by atoms with Gasteiger partial charge in [0.05, 0.1) is 10.3 Å². The van der Waals surface area contributed by atoms with E-state index in [0.717, 1.165) is 16.7 Å². The van der Waals surface area contributed by atoms with Crippen molar-refractivity contribution >= 4 is 40.8 Å². The van der Waals surface area contributed by atoms with Crippen LogP contribution >= 0.6 is 34.5 Å². The van der Waals surface area contributed by atoms with Gasteiger partial charge in [-0.25, -0.2) is 0 Å². The Kier molecular flexibility index (Phi) is 3.64. The first-order chi connectivity index (χ1) is 7.70. The van der Waals surface area contributed by atoms with Gasteiger partial charge in [-0.2, -0.15) is 0 Å². The first kappa shape index (κ1) is 11.6. The van der Waals surface area contributed by atoms with Gasteiger partial charge in [0.25, 0.3) is 0 Å². The van der Waals surface area contributed by atoms with Crippen molar-refractivity contribution in [1.82, 2.24) is 0 Å². The molecule has 0 aliphatic rings. The second kappa shape index (κ2) is 5.00. The van der Waals surface area contributed by atoms with Gasteiger partial charge in [0.1, 0.15) is 6.29 Å². The minimum Gasteiger partial charge on any atom is -0.302 e. The lowest BCUT2D eigenvalue weighted by Gasteiger charge is -2.08. The molecule has 1 aromatic heterocycles. The molecule has 16 heavy (non-hydrogen) atoms. The zero-order valence-electron chi connectivity index (χ0n) is 8.19. The van der Waals surface area contributed by atoms with Crippen molar-refractivity contribution in [2.24, 2.45) is 0 Å². The number of aldehydes is 1. The number of carbonyl (C=O) groups excluding carboxylic acids is 1. The van der Waals surface area contributed by atoms with Crippen LogP contribution in [-0.2, 0) is 4.79 Å². The predicted octanol–water partition coefficient (Wildman–Crippen LogP) is 4.39. The molecule has 0 aliphatic heterocycles. The number of carbonyl (C=O) groups is 1. The van der Waals surface area contributed by atoms with Gasteiger partial charge in [-0.15, -0.1) is 11.3 Å². The minimum absolute atomic E-state index is 0.281. The first-order valence-corrected chi connectivity index (χ1v) is 6.24. The summed E-state index contributed by atoms with van der Waals surface area (Å²) in [4.78, 5) is 12.1. The standard InChI is InChI=1S/C12H8Cl2OS/c13-9-3-1-2-8(6-9)10(7-15)11-4-5-12(14)16-11/h1-7,10H. The summed E-state index contributed by atoms with van der Waals surface area (Å²) < 4.78 is 0.684. The quantitative estimate of drug-likeness (QED) is 0.757. The molecule has 1 aromatic carbocycles. The molecule has 0 bridgehead atoms. The lowest BCUT2D eigenvalue weighted by Crippen LogP contribution is -1.99. The van der Waals surface area contributed by atoms with Gasteiger partial charge in [-0.3, -0.25) is 0 Å². The Morgan fingerprint density at radius 2 is 2.00 bits per heavy atom. The van der Waals surface area contributed by atoms with Crippen molar-refractivity contribution in [3.05, 3.63) is 56.2 Å². The summed E-state index contributed by atoms with van der Waals surface area (Å²) in [5.74, 6) is -0.281. The third-order valence-electron chi connectivity index (χ3n) is 2.24. The smallest absolute Gasteiger partial charge is 0.132 e. The lowest BCUT2D eigenvalue weighted by atomic mass is 9.99. The summed E-state index contributed by atoms with van der Waals surface area (Å²) in [7, 11) is 0. The minimum atomic E-state index is -0.281. The molecular weight excluding hydrogens is 263 g/mol. The second-order valence-electron chi connectivity index (χ2n) is 3.31. The molecule has 1 atom stereocenters. The van der Waals surface area contributed by atoms with Crippen LogP contribution in [0.2, 0.25) is 9.36 Å². The number of halogens is 2. The van der Waals surface area contributed by atoms with Crippen LogP contribution in [0.5, 0.6) is 0 Å². The van der Waals surface area contributed by atoms with Crippen molar-refractivity contribution in [3.8, 4) is 0 Å². The fraction of sp³-hybridized carbons (Fsp3) is 0.0833. The molecule has 2 aromatic rings. The summed E-state index contributed by atoms with van der Waals surface area (Å²) in [5, 5.41) is 0.631. The van der Waals surface area contributed by atoms with Gasteiger partial charge < -0.3 is 4.79 Å². The third kappa shape index (κ3) is 2.46. The van der Waals surface area contributed by atoms with Gasteiger partial charge in [0.2, 0.25) is 0 Å². The van der Waals surface area contributed by atoms with E-state index in [1.165, 1.54) is 11.3 Å². The van der Waals surface area contributed by atoms with Gasteiger partial charge in [-0.05, 0) is 29.8 Å². The lowest BCUT2D eigenvalue weighted by molar-refractivity contribution is -0.108. The van der Waals surface area contributed by atoms with Crippen molar-refractivity contribution in [2.45, 2.75) is 5.92 Å². The third-order valence-corrected chi connectivity index (χ3v) is 3.79. The number of thiophene rings is 1. The summed E-state index contributed by atoms with van der Waals surface area (Å²) in [6.07, 6.45) is 0.911. The molecule has 0 amide bonds. The van der Waals surface area contributed by atoms with Crippen molar-refractivity contribution in [3.63, 3.8) is 0 Å². The fourth-order valence-corrected chi connectivity index (χ4v) is 2.85.